The molecule has 118 valence electrons. The Balaban J connectivity index is 2.01. The molecular weight excluding hydrogens is 342 g/mol. The van der Waals surface area contributed by atoms with Gasteiger partial charge in [-0.1, -0.05) is 30.0 Å². The average molecular weight is 357 g/mol. The van der Waals surface area contributed by atoms with Gasteiger partial charge in [0.15, 0.2) is 4.34 Å². The smallest absolute Gasteiger partial charge is 0.340 e. The first-order valence-corrected chi connectivity index (χ1v) is 9.09. The Morgan fingerprint density at radius 1 is 1.36 bits per heavy atom. The van der Waals surface area contributed by atoms with Gasteiger partial charge in [0.2, 0.25) is 5.91 Å². The van der Waals surface area contributed by atoms with Gasteiger partial charge in [0.05, 0.1) is 18.4 Å². The van der Waals surface area contributed by atoms with E-state index < -0.39 is 5.97 Å². The summed E-state index contributed by atoms with van der Waals surface area (Å²) < 4.78 is 5.49. The van der Waals surface area contributed by atoms with Gasteiger partial charge in [-0.15, -0.1) is 21.5 Å². The molecule has 2 rings (SSSR count). The Bertz CT molecular complexity index is 681. The molecule has 0 saturated carbocycles. The van der Waals surface area contributed by atoms with Crippen molar-refractivity contribution in [1.29, 1.82) is 0 Å². The van der Waals surface area contributed by atoms with Crippen LogP contribution in [0, 0.1) is 6.92 Å². The number of nitrogens with one attached hydrogen (secondary N) is 1. The number of hydrogen-bond donors (Lipinski definition) is 1. The van der Waals surface area contributed by atoms with E-state index >= 15 is 0 Å². The summed E-state index contributed by atoms with van der Waals surface area (Å²) in [4.78, 5) is 24.8. The molecule has 6 nitrogen and oxygen atoms in total. The Morgan fingerprint density at radius 3 is 2.73 bits per heavy atom. The normalized spacial score (nSPS) is 10.5. The van der Waals surface area contributed by atoms with Crippen LogP contribution in [-0.2, 0) is 16.0 Å². The van der Waals surface area contributed by atoms with Crippen molar-refractivity contribution in [3.05, 3.63) is 21.5 Å². The van der Waals surface area contributed by atoms with Gasteiger partial charge in [-0.25, -0.2) is 4.79 Å². The van der Waals surface area contributed by atoms with Crippen LogP contribution >= 0.6 is 34.4 Å². The van der Waals surface area contributed by atoms with E-state index in [-0.39, 0.29) is 11.7 Å². The topological polar surface area (TPSA) is 81.2 Å². The number of aryl methyl sites for hydroxylation is 2. The van der Waals surface area contributed by atoms with E-state index in [9.17, 15) is 9.59 Å². The van der Waals surface area contributed by atoms with Gasteiger partial charge in [0, 0.05) is 4.88 Å². The number of carbonyl (C=O) groups excluding carboxylic acids is 2. The van der Waals surface area contributed by atoms with Gasteiger partial charge in [0.1, 0.15) is 10.0 Å². The van der Waals surface area contributed by atoms with Crippen LogP contribution in [-0.4, -0.2) is 34.9 Å². The van der Waals surface area contributed by atoms with Crippen molar-refractivity contribution in [1.82, 2.24) is 10.2 Å². The monoisotopic (exact) mass is 357 g/mol. The molecule has 2 aromatic rings. The molecule has 2 heterocycles. The van der Waals surface area contributed by atoms with Crippen molar-refractivity contribution < 1.29 is 14.3 Å². The third kappa shape index (κ3) is 4.28. The standard InChI is InChI=1S/C13H15N3O3S3/c1-4-8-5-9(12(18)19-3)11(22-8)14-10(17)6-20-13-16-15-7(2)21-13/h5H,4,6H2,1-3H3,(H,14,17). The van der Waals surface area contributed by atoms with Crippen molar-refractivity contribution in [3.8, 4) is 0 Å². The highest BCUT2D eigenvalue weighted by atomic mass is 32.2. The van der Waals surface area contributed by atoms with E-state index in [2.05, 4.69) is 15.5 Å². The lowest BCUT2D eigenvalue weighted by Crippen LogP contribution is -2.15. The zero-order valence-electron chi connectivity index (χ0n) is 12.3. The minimum absolute atomic E-state index is 0.187. The Kier molecular flexibility index (Phi) is 5.92. The summed E-state index contributed by atoms with van der Waals surface area (Å²) in [5.41, 5.74) is 0.398. The van der Waals surface area contributed by atoms with Crippen molar-refractivity contribution in [2.24, 2.45) is 0 Å². The molecule has 0 spiro atoms. The van der Waals surface area contributed by atoms with E-state index in [1.54, 1.807) is 6.07 Å². The Morgan fingerprint density at radius 2 is 2.14 bits per heavy atom. The second-order valence-electron chi connectivity index (χ2n) is 4.22. The van der Waals surface area contributed by atoms with Crippen LogP contribution < -0.4 is 5.32 Å². The van der Waals surface area contributed by atoms with Crippen LogP contribution in [0.1, 0.15) is 27.2 Å². The summed E-state index contributed by atoms with van der Waals surface area (Å²) in [5.74, 6) is -0.416. The maximum Gasteiger partial charge on any atom is 0.340 e. The zero-order chi connectivity index (χ0) is 16.1. The maximum absolute atomic E-state index is 12.0. The molecule has 0 atom stereocenters. The van der Waals surface area contributed by atoms with Crippen molar-refractivity contribution in [3.63, 3.8) is 0 Å². The molecule has 2 aromatic heterocycles. The van der Waals surface area contributed by atoms with Crippen LogP contribution in [0.15, 0.2) is 10.4 Å². The molecule has 0 aliphatic carbocycles. The molecule has 0 aromatic carbocycles. The van der Waals surface area contributed by atoms with E-state index in [1.165, 1.54) is 41.5 Å². The van der Waals surface area contributed by atoms with Crippen LogP contribution in [0.3, 0.4) is 0 Å². The molecular formula is C13H15N3O3S3. The van der Waals surface area contributed by atoms with Gasteiger partial charge >= 0.3 is 5.97 Å². The number of aromatic nitrogens is 2. The summed E-state index contributed by atoms with van der Waals surface area (Å²) in [7, 11) is 1.32. The summed E-state index contributed by atoms with van der Waals surface area (Å²) in [5, 5.41) is 12.0. The molecule has 9 heteroatoms. The second kappa shape index (κ2) is 7.70. The molecule has 1 N–H and O–H groups in total. The van der Waals surface area contributed by atoms with Gasteiger partial charge < -0.3 is 10.1 Å². The summed E-state index contributed by atoms with van der Waals surface area (Å²) in [6.07, 6.45) is 0.795. The number of amides is 1. The number of thiophene rings is 1. The fraction of sp³-hybridized carbons (Fsp3) is 0.385. The lowest BCUT2D eigenvalue weighted by Gasteiger charge is -2.04. The average Bonchev–Trinajstić information content (AvgIpc) is 3.10. The van der Waals surface area contributed by atoms with Crippen LogP contribution in [0.5, 0.6) is 0 Å². The molecule has 0 fully saturated rings. The van der Waals surface area contributed by atoms with E-state index in [0.29, 0.717) is 10.6 Å². The van der Waals surface area contributed by atoms with E-state index in [4.69, 9.17) is 4.74 Å². The minimum atomic E-state index is -0.446. The van der Waals surface area contributed by atoms with Crippen molar-refractivity contribution >= 4 is 51.3 Å². The molecule has 0 radical (unpaired) electrons. The molecule has 0 saturated heterocycles. The molecule has 1 amide bonds. The highest BCUT2D eigenvalue weighted by molar-refractivity contribution is 8.01. The van der Waals surface area contributed by atoms with Crippen molar-refractivity contribution in [2.45, 2.75) is 24.6 Å². The fourth-order valence-electron chi connectivity index (χ4n) is 1.60. The Hall–Kier alpha value is -1.45. The van der Waals surface area contributed by atoms with E-state index in [0.717, 1.165) is 20.6 Å². The summed E-state index contributed by atoms with van der Waals surface area (Å²) in [6, 6.07) is 1.76. The lowest BCUT2D eigenvalue weighted by molar-refractivity contribution is -0.113. The third-order valence-electron chi connectivity index (χ3n) is 2.62. The first-order chi connectivity index (χ1) is 10.5. The highest BCUT2D eigenvalue weighted by Crippen LogP contribution is 2.30. The number of esters is 1. The zero-order valence-corrected chi connectivity index (χ0v) is 14.8. The maximum atomic E-state index is 12.0. The third-order valence-corrected chi connectivity index (χ3v) is 5.79. The van der Waals surface area contributed by atoms with Gasteiger partial charge in [-0.2, -0.15) is 0 Å². The van der Waals surface area contributed by atoms with Crippen LogP contribution in [0.25, 0.3) is 0 Å². The van der Waals surface area contributed by atoms with Gasteiger partial charge in [-0.05, 0) is 19.4 Å². The molecule has 0 bridgehead atoms. The first-order valence-electron chi connectivity index (χ1n) is 6.47. The second-order valence-corrected chi connectivity index (χ2v) is 7.77. The number of thioether (sulfide) groups is 1. The van der Waals surface area contributed by atoms with Gasteiger partial charge in [0.25, 0.3) is 0 Å². The number of hydrogen-bond acceptors (Lipinski definition) is 8. The largest absolute Gasteiger partial charge is 0.465 e. The van der Waals surface area contributed by atoms with E-state index in [1.807, 2.05) is 13.8 Å². The predicted molar refractivity (Wildman–Crippen MR) is 89.0 cm³/mol. The van der Waals surface area contributed by atoms with Crippen LogP contribution in [0.4, 0.5) is 5.00 Å². The first kappa shape index (κ1) is 16.9. The molecule has 22 heavy (non-hydrogen) atoms. The molecule has 0 aliphatic rings. The number of carbonyl (C=O) groups is 2. The SMILES string of the molecule is CCc1cc(C(=O)OC)c(NC(=O)CSc2nnc(C)s2)s1. The van der Waals surface area contributed by atoms with Gasteiger partial charge in [-0.3, -0.25) is 4.79 Å². The lowest BCUT2D eigenvalue weighted by atomic mass is 10.2. The minimum Gasteiger partial charge on any atom is -0.465 e. The molecule has 0 aliphatic heterocycles. The predicted octanol–water partition coefficient (Wildman–Crippen LogP) is 2.99. The number of nitrogens with zero attached hydrogens (tertiary/aromatic N) is 2. The number of methoxy groups -OCH3 is 1. The number of ether oxygens (including phenoxy) is 1. The van der Waals surface area contributed by atoms with Crippen molar-refractivity contribution in [2.75, 3.05) is 18.2 Å². The fourth-order valence-corrected chi connectivity index (χ4v) is 4.21. The van der Waals surface area contributed by atoms with Crippen LogP contribution in [0.2, 0.25) is 0 Å². The molecule has 0 unspecified atom stereocenters. The quantitative estimate of drug-likeness (QED) is 0.632. The number of rotatable bonds is 6. The summed E-state index contributed by atoms with van der Waals surface area (Å²) >= 11 is 4.16. The number of anilines is 1. The highest BCUT2D eigenvalue weighted by Gasteiger charge is 2.18. The summed E-state index contributed by atoms with van der Waals surface area (Å²) in [6.45, 7) is 3.86. The Labute approximate surface area is 140 Å².